The Morgan fingerprint density at radius 2 is 2.12 bits per heavy atom. The monoisotopic (exact) mass is 354 g/mol. The third-order valence-electron chi connectivity index (χ3n) is 3.46. The first-order valence-electron chi connectivity index (χ1n) is 7.87. The molecule has 2 N–H and O–H groups in total. The number of phenolic OH excluding ortho intramolecular Hbond substituents is 1. The van der Waals surface area contributed by atoms with Crippen molar-refractivity contribution in [1.82, 2.24) is 5.32 Å². The molecule has 0 atom stereocenters. The van der Waals surface area contributed by atoms with E-state index in [9.17, 15) is 9.90 Å². The number of carbonyl (C=O) groups is 1. The molecule has 1 saturated heterocycles. The number of phenols is 1. The van der Waals surface area contributed by atoms with E-state index in [1.165, 1.54) is 11.8 Å². The van der Waals surface area contributed by atoms with Crippen molar-refractivity contribution in [3.05, 3.63) is 58.5 Å². The molecule has 0 aliphatic carbocycles. The molecule has 0 unspecified atom stereocenters. The summed E-state index contributed by atoms with van der Waals surface area (Å²) >= 11 is 1.28. The summed E-state index contributed by atoms with van der Waals surface area (Å²) in [5, 5.41) is 13.1. The molecule has 1 aliphatic rings. The summed E-state index contributed by atoms with van der Waals surface area (Å²) in [5.74, 6) is 0.283. The van der Waals surface area contributed by atoms with Crippen LogP contribution in [0.4, 0.5) is 5.69 Å². The number of benzene rings is 2. The van der Waals surface area contributed by atoms with Gasteiger partial charge in [-0.05, 0) is 67.1 Å². The van der Waals surface area contributed by atoms with Gasteiger partial charge in [0.2, 0.25) is 0 Å². The van der Waals surface area contributed by atoms with Crippen molar-refractivity contribution in [2.75, 3.05) is 6.61 Å². The van der Waals surface area contributed by atoms with Crippen LogP contribution in [0.5, 0.6) is 11.5 Å². The minimum Gasteiger partial charge on any atom is -0.504 e. The molecule has 128 valence electrons. The van der Waals surface area contributed by atoms with E-state index in [4.69, 9.17) is 4.74 Å². The van der Waals surface area contributed by atoms with Gasteiger partial charge in [0.15, 0.2) is 16.7 Å². The van der Waals surface area contributed by atoms with Crippen molar-refractivity contribution in [3.63, 3.8) is 0 Å². The fraction of sp³-hybridized carbons (Fsp3) is 0.158. The van der Waals surface area contributed by atoms with Crippen LogP contribution >= 0.6 is 11.8 Å². The summed E-state index contributed by atoms with van der Waals surface area (Å²) in [6.45, 7) is 4.30. The molecule has 0 radical (unpaired) electrons. The number of carbonyl (C=O) groups excluding carboxylic acids is 1. The first-order valence-corrected chi connectivity index (χ1v) is 8.69. The Hall–Kier alpha value is -2.73. The van der Waals surface area contributed by atoms with E-state index in [2.05, 4.69) is 10.3 Å². The van der Waals surface area contributed by atoms with Crippen LogP contribution < -0.4 is 10.1 Å². The van der Waals surface area contributed by atoms with Gasteiger partial charge in [-0.1, -0.05) is 18.2 Å². The summed E-state index contributed by atoms with van der Waals surface area (Å²) in [7, 11) is 0. The van der Waals surface area contributed by atoms with Gasteiger partial charge in [0.05, 0.1) is 17.2 Å². The predicted molar refractivity (Wildman–Crippen MR) is 101 cm³/mol. The number of nitrogens with one attached hydrogen (secondary N) is 1. The minimum absolute atomic E-state index is 0.0780. The molecular formula is C19H18N2O3S. The van der Waals surface area contributed by atoms with E-state index in [-0.39, 0.29) is 11.7 Å². The molecule has 1 fully saturated rings. The van der Waals surface area contributed by atoms with Crippen LogP contribution in [-0.4, -0.2) is 22.8 Å². The Labute approximate surface area is 150 Å². The summed E-state index contributed by atoms with van der Waals surface area (Å²) in [4.78, 5) is 17.2. The van der Waals surface area contributed by atoms with Crippen molar-refractivity contribution >= 4 is 34.6 Å². The topological polar surface area (TPSA) is 70.9 Å². The van der Waals surface area contributed by atoms with Crippen molar-refractivity contribution in [2.45, 2.75) is 13.8 Å². The molecule has 0 aromatic heterocycles. The molecule has 2 aromatic carbocycles. The normalized spacial score (nSPS) is 17.1. The van der Waals surface area contributed by atoms with Gasteiger partial charge >= 0.3 is 0 Å². The van der Waals surface area contributed by atoms with E-state index >= 15 is 0 Å². The van der Waals surface area contributed by atoms with Gasteiger partial charge in [0.1, 0.15) is 0 Å². The maximum Gasteiger partial charge on any atom is 0.264 e. The van der Waals surface area contributed by atoms with Crippen LogP contribution in [0.15, 0.2) is 52.4 Å². The van der Waals surface area contributed by atoms with Gasteiger partial charge < -0.3 is 15.2 Å². The van der Waals surface area contributed by atoms with Crippen LogP contribution in [0.1, 0.15) is 18.1 Å². The lowest BCUT2D eigenvalue weighted by atomic mass is 10.2. The average Bonchev–Trinajstić information content (AvgIpc) is 2.90. The first kappa shape index (κ1) is 17.1. The van der Waals surface area contributed by atoms with Crippen molar-refractivity contribution in [3.8, 4) is 11.5 Å². The molecule has 1 heterocycles. The van der Waals surface area contributed by atoms with E-state index < -0.39 is 0 Å². The number of amides is 1. The van der Waals surface area contributed by atoms with Crippen LogP contribution in [0.2, 0.25) is 0 Å². The number of ether oxygens (including phenoxy) is 1. The van der Waals surface area contributed by atoms with Gasteiger partial charge in [0, 0.05) is 0 Å². The van der Waals surface area contributed by atoms with E-state index in [1.807, 2.05) is 38.1 Å². The largest absolute Gasteiger partial charge is 0.504 e. The lowest BCUT2D eigenvalue weighted by Gasteiger charge is -2.06. The average molecular weight is 354 g/mol. The van der Waals surface area contributed by atoms with Crippen LogP contribution in [0, 0.1) is 6.92 Å². The van der Waals surface area contributed by atoms with Crippen LogP contribution in [-0.2, 0) is 4.79 Å². The van der Waals surface area contributed by atoms with Gasteiger partial charge in [0.25, 0.3) is 5.91 Å². The smallest absolute Gasteiger partial charge is 0.264 e. The fourth-order valence-electron chi connectivity index (χ4n) is 2.34. The summed E-state index contributed by atoms with van der Waals surface area (Å²) in [6, 6.07) is 12.8. The SMILES string of the molecule is CCOc1cc(/C=C2\SC(=Nc3cccc(C)c3)NC2=O)ccc1O. The molecular weight excluding hydrogens is 336 g/mol. The van der Waals surface area contributed by atoms with Gasteiger partial charge in [-0.25, -0.2) is 4.99 Å². The minimum atomic E-state index is -0.192. The molecule has 0 saturated carbocycles. The van der Waals surface area contributed by atoms with Gasteiger partial charge in [-0.3, -0.25) is 4.79 Å². The highest BCUT2D eigenvalue weighted by atomic mass is 32.2. The van der Waals surface area contributed by atoms with E-state index in [0.717, 1.165) is 16.8 Å². The summed E-state index contributed by atoms with van der Waals surface area (Å²) in [5.41, 5.74) is 2.68. The maximum atomic E-state index is 12.2. The number of rotatable bonds is 4. The third kappa shape index (κ3) is 4.22. The first-order chi connectivity index (χ1) is 12.0. The fourth-order valence-corrected chi connectivity index (χ4v) is 3.18. The molecule has 25 heavy (non-hydrogen) atoms. The second-order valence-electron chi connectivity index (χ2n) is 5.48. The lowest BCUT2D eigenvalue weighted by Crippen LogP contribution is -2.19. The number of aliphatic imine (C=N–C) groups is 1. The van der Waals surface area contributed by atoms with Gasteiger partial charge in [-0.2, -0.15) is 0 Å². The predicted octanol–water partition coefficient (Wildman–Crippen LogP) is 3.99. The Bertz CT molecular complexity index is 875. The number of amidine groups is 1. The van der Waals surface area contributed by atoms with Crippen molar-refractivity contribution in [2.24, 2.45) is 4.99 Å². The highest BCUT2D eigenvalue weighted by Gasteiger charge is 2.23. The zero-order chi connectivity index (χ0) is 17.8. The standard InChI is InChI=1S/C19H18N2O3S/c1-3-24-16-10-13(7-8-15(16)22)11-17-18(23)21-19(25-17)20-14-6-4-5-12(2)9-14/h4-11,22H,3H2,1-2H3,(H,20,21,23)/b17-11-. The number of thioether (sulfide) groups is 1. The molecule has 0 spiro atoms. The summed E-state index contributed by atoms with van der Waals surface area (Å²) < 4.78 is 5.37. The number of aromatic hydroxyl groups is 1. The third-order valence-corrected chi connectivity index (χ3v) is 4.37. The Morgan fingerprint density at radius 3 is 2.88 bits per heavy atom. The molecule has 6 heteroatoms. The Kier molecular flexibility index (Phi) is 5.09. The highest BCUT2D eigenvalue weighted by molar-refractivity contribution is 8.18. The number of hydrogen-bond donors (Lipinski definition) is 2. The molecule has 0 bridgehead atoms. The number of hydrogen-bond acceptors (Lipinski definition) is 5. The van der Waals surface area contributed by atoms with Crippen LogP contribution in [0.25, 0.3) is 6.08 Å². The Balaban J connectivity index is 1.83. The maximum absolute atomic E-state index is 12.2. The second-order valence-corrected chi connectivity index (χ2v) is 6.51. The molecule has 3 rings (SSSR count). The van der Waals surface area contributed by atoms with E-state index in [1.54, 1.807) is 24.3 Å². The van der Waals surface area contributed by atoms with Crippen molar-refractivity contribution in [1.29, 1.82) is 0 Å². The lowest BCUT2D eigenvalue weighted by molar-refractivity contribution is -0.115. The molecule has 1 aliphatic heterocycles. The van der Waals surface area contributed by atoms with Crippen molar-refractivity contribution < 1.29 is 14.6 Å². The van der Waals surface area contributed by atoms with Gasteiger partial charge in [-0.15, -0.1) is 0 Å². The second kappa shape index (κ2) is 7.44. The zero-order valence-electron chi connectivity index (χ0n) is 13.9. The number of aryl methyl sites for hydroxylation is 1. The number of nitrogens with zero attached hydrogens (tertiary/aromatic N) is 1. The van der Waals surface area contributed by atoms with Crippen LogP contribution in [0.3, 0.4) is 0 Å². The Morgan fingerprint density at radius 1 is 1.28 bits per heavy atom. The summed E-state index contributed by atoms with van der Waals surface area (Å²) in [6.07, 6.45) is 1.75. The molecule has 5 nitrogen and oxygen atoms in total. The zero-order valence-corrected chi connectivity index (χ0v) is 14.8. The molecule has 1 amide bonds. The highest BCUT2D eigenvalue weighted by Crippen LogP contribution is 2.31. The van der Waals surface area contributed by atoms with E-state index in [0.29, 0.717) is 22.4 Å². The quantitative estimate of drug-likeness (QED) is 0.815. The molecule has 2 aromatic rings.